The number of ether oxygens (including phenoxy) is 4. The Labute approximate surface area is 129 Å². The van der Waals surface area contributed by atoms with Gasteiger partial charge in [0.05, 0.1) is 0 Å². The Morgan fingerprint density at radius 1 is 1.09 bits per heavy atom. The summed E-state index contributed by atoms with van der Waals surface area (Å²) in [7, 11) is 3.23. The van der Waals surface area contributed by atoms with Crippen LogP contribution in [-0.4, -0.2) is 34.1 Å². The summed E-state index contributed by atoms with van der Waals surface area (Å²) < 4.78 is 20.8. The van der Waals surface area contributed by atoms with Crippen molar-refractivity contribution in [3.63, 3.8) is 0 Å². The van der Waals surface area contributed by atoms with Gasteiger partial charge in [-0.05, 0) is 29.9 Å². The highest BCUT2D eigenvalue weighted by molar-refractivity contribution is 5.94. The highest BCUT2D eigenvalue weighted by Gasteiger charge is 2.14. The molecule has 0 aliphatic rings. The quantitative estimate of drug-likeness (QED) is 0.405. The first-order valence-corrected chi connectivity index (χ1v) is 7.07. The van der Waals surface area contributed by atoms with Gasteiger partial charge >= 0.3 is 0 Å². The Hall–Kier alpha value is -2.11. The molecule has 0 atom stereocenters. The third-order valence-electron chi connectivity index (χ3n) is 3.34. The summed E-state index contributed by atoms with van der Waals surface area (Å²) in [5.74, 6) is 0.915. The van der Waals surface area contributed by atoms with Crippen molar-refractivity contribution in [2.45, 2.75) is 12.8 Å². The number of hydrogen-bond donors (Lipinski definition) is 0. The minimum atomic E-state index is 0.0841. The second-order valence-corrected chi connectivity index (χ2v) is 4.77. The van der Waals surface area contributed by atoms with Gasteiger partial charge in [0.2, 0.25) is 0 Å². The lowest BCUT2D eigenvalue weighted by atomic mass is 9.99. The molecule has 0 amide bonds. The number of fused-ring (bicyclic) bond motifs is 1. The molecule has 0 N–H and O–H groups in total. The summed E-state index contributed by atoms with van der Waals surface area (Å²) in [6, 6.07) is 9.68. The van der Waals surface area contributed by atoms with Crippen LogP contribution in [0.2, 0.25) is 0 Å². The van der Waals surface area contributed by atoms with Gasteiger partial charge in [0, 0.05) is 26.2 Å². The van der Waals surface area contributed by atoms with Crippen LogP contribution in [-0.2, 0) is 20.7 Å². The van der Waals surface area contributed by atoms with E-state index in [1.165, 1.54) is 0 Å². The van der Waals surface area contributed by atoms with Crippen molar-refractivity contribution in [3.05, 3.63) is 35.9 Å². The molecule has 0 aliphatic carbocycles. The van der Waals surface area contributed by atoms with E-state index < -0.39 is 0 Å². The zero-order chi connectivity index (χ0) is 15.8. The number of benzene rings is 2. The fourth-order valence-electron chi connectivity index (χ4n) is 2.42. The minimum Gasteiger partial charge on any atom is -0.463 e. The van der Waals surface area contributed by atoms with E-state index in [1.54, 1.807) is 20.3 Å². The first kappa shape index (κ1) is 16.3. The van der Waals surface area contributed by atoms with Crippen molar-refractivity contribution in [3.8, 4) is 11.5 Å². The average molecular weight is 304 g/mol. The molecule has 118 valence electrons. The van der Waals surface area contributed by atoms with Gasteiger partial charge in [-0.1, -0.05) is 24.3 Å². The zero-order valence-corrected chi connectivity index (χ0v) is 12.8. The van der Waals surface area contributed by atoms with Crippen molar-refractivity contribution in [1.82, 2.24) is 0 Å². The molecule has 0 aromatic heterocycles. The Morgan fingerprint density at radius 3 is 2.68 bits per heavy atom. The van der Waals surface area contributed by atoms with Gasteiger partial charge in [-0.15, -0.1) is 0 Å². The molecule has 0 aliphatic heterocycles. The van der Waals surface area contributed by atoms with Crippen LogP contribution in [0, 0.1) is 0 Å². The molecule has 0 fully saturated rings. The third-order valence-corrected chi connectivity index (χ3v) is 3.34. The van der Waals surface area contributed by atoms with Crippen molar-refractivity contribution in [2.75, 3.05) is 27.6 Å². The molecule has 0 spiro atoms. The van der Waals surface area contributed by atoms with E-state index in [-0.39, 0.29) is 6.79 Å². The maximum atomic E-state index is 10.7. The summed E-state index contributed by atoms with van der Waals surface area (Å²) in [4.78, 5) is 10.7. The summed E-state index contributed by atoms with van der Waals surface area (Å²) in [6.07, 6.45) is 1.75. The smallest absolute Gasteiger partial charge is 0.298 e. The summed E-state index contributed by atoms with van der Waals surface area (Å²) in [6.45, 7) is 1.17. The van der Waals surface area contributed by atoms with E-state index in [2.05, 4.69) is 0 Å². The maximum absolute atomic E-state index is 10.7. The number of carbonyl (C=O) groups excluding carboxylic acids is 1. The predicted octanol–water partition coefficient (Wildman–Crippen LogP) is 2.94. The average Bonchev–Trinajstić information content (AvgIpc) is 2.54. The fraction of sp³-hybridized carbons (Fsp3) is 0.353. The minimum absolute atomic E-state index is 0.0841. The number of methoxy groups -OCH3 is 2. The van der Waals surface area contributed by atoms with Crippen LogP contribution in [0.4, 0.5) is 0 Å². The molecule has 5 nitrogen and oxygen atoms in total. The van der Waals surface area contributed by atoms with E-state index >= 15 is 0 Å². The van der Waals surface area contributed by atoms with Crippen LogP contribution in [0.1, 0.15) is 12.0 Å². The number of hydrogen-bond acceptors (Lipinski definition) is 5. The summed E-state index contributed by atoms with van der Waals surface area (Å²) in [5, 5.41) is 1.97. The van der Waals surface area contributed by atoms with Crippen LogP contribution < -0.4 is 9.47 Å². The topological polar surface area (TPSA) is 54.0 Å². The van der Waals surface area contributed by atoms with Crippen LogP contribution in [0.25, 0.3) is 10.8 Å². The van der Waals surface area contributed by atoms with Crippen LogP contribution >= 0.6 is 0 Å². The SMILES string of the molecule is COCCCc1cccc2ccc(OC=O)c(OCOC)c12. The third kappa shape index (κ3) is 3.75. The fourth-order valence-corrected chi connectivity index (χ4v) is 2.42. The van der Waals surface area contributed by atoms with Crippen LogP contribution in [0.5, 0.6) is 11.5 Å². The number of rotatable bonds is 9. The van der Waals surface area contributed by atoms with Gasteiger partial charge in [0.25, 0.3) is 6.47 Å². The second kappa shape index (κ2) is 8.36. The molecule has 2 aromatic carbocycles. The zero-order valence-electron chi connectivity index (χ0n) is 12.8. The van der Waals surface area contributed by atoms with E-state index in [0.29, 0.717) is 24.6 Å². The molecular formula is C17H20O5. The standard InChI is InChI=1S/C17H20O5/c1-19-10-4-7-13-5-3-6-14-8-9-15(21-11-18)17(16(13)14)22-12-20-2/h3,5-6,8-9,11H,4,7,10,12H2,1-2H3. The van der Waals surface area contributed by atoms with Crippen molar-refractivity contribution < 1.29 is 23.7 Å². The normalized spacial score (nSPS) is 10.6. The van der Waals surface area contributed by atoms with Gasteiger partial charge in [-0.2, -0.15) is 0 Å². The maximum Gasteiger partial charge on any atom is 0.298 e. The lowest BCUT2D eigenvalue weighted by Gasteiger charge is -2.15. The molecule has 0 saturated heterocycles. The molecule has 0 bridgehead atoms. The molecule has 0 unspecified atom stereocenters. The molecule has 0 radical (unpaired) electrons. The monoisotopic (exact) mass is 304 g/mol. The predicted molar refractivity (Wildman–Crippen MR) is 83.3 cm³/mol. The first-order valence-electron chi connectivity index (χ1n) is 7.07. The lowest BCUT2D eigenvalue weighted by Crippen LogP contribution is -2.03. The van der Waals surface area contributed by atoms with Gasteiger partial charge in [0.1, 0.15) is 0 Å². The van der Waals surface area contributed by atoms with Gasteiger partial charge in [-0.3, -0.25) is 4.79 Å². The van der Waals surface area contributed by atoms with Gasteiger partial charge < -0.3 is 18.9 Å². The molecule has 2 rings (SSSR count). The number of carbonyl (C=O) groups is 1. The molecule has 22 heavy (non-hydrogen) atoms. The Bertz CT molecular complexity index is 624. The molecular weight excluding hydrogens is 284 g/mol. The Kier molecular flexibility index (Phi) is 6.18. The van der Waals surface area contributed by atoms with E-state index in [9.17, 15) is 4.79 Å². The molecule has 5 heteroatoms. The lowest BCUT2D eigenvalue weighted by molar-refractivity contribution is -0.120. The molecule has 2 aromatic rings. The first-order chi connectivity index (χ1) is 10.8. The van der Waals surface area contributed by atoms with E-state index in [4.69, 9.17) is 18.9 Å². The van der Waals surface area contributed by atoms with Crippen molar-refractivity contribution in [1.29, 1.82) is 0 Å². The molecule has 0 heterocycles. The van der Waals surface area contributed by atoms with E-state index in [0.717, 1.165) is 29.2 Å². The van der Waals surface area contributed by atoms with Crippen LogP contribution in [0.3, 0.4) is 0 Å². The van der Waals surface area contributed by atoms with Gasteiger partial charge in [-0.25, -0.2) is 0 Å². The highest BCUT2D eigenvalue weighted by atomic mass is 16.7. The second-order valence-electron chi connectivity index (χ2n) is 4.77. The highest BCUT2D eigenvalue weighted by Crippen LogP contribution is 2.38. The summed E-state index contributed by atoms with van der Waals surface area (Å²) in [5.41, 5.74) is 1.12. The van der Waals surface area contributed by atoms with Gasteiger partial charge in [0.15, 0.2) is 18.3 Å². The Balaban J connectivity index is 2.49. The molecule has 0 saturated carbocycles. The number of aryl methyl sites for hydroxylation is 1. The largest absolute Gasteiger partial charge is 0.463 e. The van der Waals surface area contributed by atoms with Crippen molar-refractivity contribution in [2.24, 2.45) is 0 Å². The van der Waals surface area contributed by atoms with E-state index in [1.807, 2.05) is 24.3 Å². The van der Waals surface area contributed by atoms with Crippen LogP contribution in [0.15, 0.2) is 30.3 Å². The Morgan fingerprint density at radius 2 is 1.95 bits per heavy atom. The summed E-state index contributed by atoms with van der Waals surface area (Å²) >= 11 is 0. The van der Waals surface area contributed by atoms with Crippen molar-refractivity contribution >= 4 is 17.2 Å².